The van der Waals surface area contributed by atoms with E-state index in [4.69, 9.17) is 0 Å². The van der Waals surface area contributed by atoms with E-state index in [1.807, 2.05) is 54.5 Å². The van der Waals surface area contributed by atoms with E-state index in [-0.39, 0.29) is 36.8 Å². The average molecular weight is 517 g/mol. The van der Waals surface area contributed by atoms with E-state index in [9.17, 15) is 18.0 Å². The number of aromatic nitrogens is 4. The van der Waals surface area contributed by atoms with Crippen molar-refractivity contribution in [2.24, 2.45) is 5.92 Å². The second-order valence-electron chi connectivity index (χ2n) is 10.3. The van der Waals surface area contributed by atoms with Crippen molar-refractivity contribution in [3.05, 3.63) is 48.0 Å². The van der Waals surface area contributed by atoms with Crippen LogP contribution in [-0.4, -0.2) is 76.0 Å². The Bertz CT molecular complexity index is 1300. The lowest BCUT2D eigenvalue weighted by molar-refractivity contribution is -0.140. The first kappa shape index (κ1) is 25.2. The summed E-state index contributed by atoms with van der Waals surface area (Å²) in [7, 11) is 1.73. The Labute approximate surface area is 213 Å². The summed E-state index contributed by atoms with van der Waals surface area (Å²) in [5.41, 5.74) is 0.0550. The lowest BCUT2D eigenvalue weighted by Gasteiger charge is -2.45. The van der Waals surface area contributed by atoms with Crippen LogP contribution in [0.5, 0.6) is 0 Å². The summed E-state index contributed by atoms with van der Waals surface area (Å²) in [6.45, 7) is 8.18. The molecule has 1 atom stereocenters. The molecule has 0 aliphatic carbocycles. The molecule has 9 nitrogen and oxygen atoms in total. The lowest BCUT2D eigenvalue weighted by Crippen LogP contribution is -2.57. The molecular formula is C25H31F3N8O. The van der Waals surface area contributed by atoms with E-state index in [2.05, 4.69) is 20.3 Å². The van der Waals surface area contributed by atoms with E-state index >= 15 is 0 Å². The zero-order valence-electron chi connectivity index (χ0n) is 21.3. The molecule has 0 spiro atoms. The maximum absolute atomic E-state index is 13.8. The maximum atomic E-state index is 13.8. The Kier molecular flexibility index (Phi) is 6.25. The highest BCUT2D eigenvalue weighted by atomic mass is 19.4. The van der Waals surface area contributed by atoms with Crippen LogP contribution in [0.1, 0.15) is 32.0 Å². The number of nitrogens with zero attached hydrogens (tertiary/aromatic N) is 7. The van der Waals surface area contributed by atoms with Crippen molar-refractivity contribution >= 4 is 23.3 Å². The molecule has 198 valence electrons. The monoisotopic (exact) mass is 516 g/mol. The highest BCUT2D eigenvalue weighted by molar-refractivity contribution is 5.82. The van der Waals surface area contributed by atoms with Crippen LogP contribution in [0, 0.1) is 5.92 Å². The molecule has 12 heteroatoms. The molecule has 3 aromatic heterocycles. The number of hydrogen-bond acceptors (Lipinski definition) is 7. The van der Waals surface area contributed by atoms with Crippen molar-refractivity contribution in [2.45, 2.75) is 38.5 Å². The fourth-order valence-electron chi connectivity index (χ4n) is 5.00. The molecular weight excluding hydrogens is 485 g/mol. The number of hydrogen-bond donors (Lipinski definition) is 1. The van der Waals surface area contributed by atoms with Crippen molar-refractivity contribution in [1.29, 1.82) is 0 Å². The molecule has 37 heavy (non-hydrogen) atoms. The Morgan fingerprint density at radius 2 is 1.92 bits per heavy atom. The number of fused-ring (bicyclic) bond motifs is 1. The second kappa shape index (κ2) is 9.16. The van der Waals surface area contributed by atoms with Crippen LogP contribution in [0.15, 0.2) is 36.8 Å². The summed E-state index contributed by atoms with van der Waals surface area (Å²) in [5.74, 6) is -0.472. The quantitative estimate of drug-likeness (QED) is 0.559. The summed E-state index contributed by atoms with van der Waals surface area (Å²) in [5, 5.41) is 3.26. The topological polar surface area (TPSA) is 81.9 Å². The molecule has 0 aromatic carbocycles. The number of carbonyl (C=O) groups excluding carboxylic acids is 1. The number of amides is 1. The van der Waals surface area contributed by atoms with Gasteiger partial charge in [-0.15, -0.1) is 0 Å². The third kappa shape index (κ3) is 4.47. The maximum Gasteiger partial charge on any atom is 0.421 e. The minimum absolute atomic E-state index is 0.0551. The fourth-order valence-corrected chi connectivity index (χ4v) is 5.00. The van der Waals surface area contributed by atoms with Gasteiger partial charge in [0.1, 0.15) is 17.0 Å². The van der Waals surface area contributed by atoms with Gasteiger partial charge in [0.15, 0.2) is 0 Å². The molecule has 2 aliphatic rings. The molecule has 2 aliphatic heterocycles. The molecule has 5 heterocycles. The zero-order chi connectivity index (χ0) is 26.5. The number of alkyl halides is 3. The molecule has 0 saturated carbocycles. The fraction of sp³-hybridized carbons (Fsp3) is 0.520. The first-order chi connectivity index (χ1) is 17.5. The number of imidazole rings is 1. The van der Waals surface area contributed by atoms with Crippen molar-refractivity contribution in [2.75, 3.05) is 49.6 Å². The third-order valence-electron chi connectivity index (χ3n) is 7.56. The number of carbonyl (C=O) groups is 1. The van der Waals surface area contributed by atoms with Crippen molar-refractivity contribution in [3.63, 3.8) is 0 Å². The van der Waals surface area contributed by atoms with E-state index in [1.165, 1.54) is 4.90 Å². The van der Waals surface area contributed by atoms with Gasteiger partial charge < -0.3 is 24.4 Å². The molecule has 0 radical (unpaired) electrons. The highest BCUT2D eigenvalue weighted by Gasteiger charge is 2.44. The third-order valence-corrected chi connectivity index (χ3v) is 7.56. The predicted molar refractivity (Wildman–Crippen MR) is 133 cm³/mol. The number of piperazine rings is 1. The van der Waals surface area contributed by atoms with Gasteiger partial charge in [0.25, 0.3) is 0 Å². The van der Waals surface area contributed by atoms with Gasteiger partial charge >= 0.3 is 6.18 Å². The standard InChI is InChI=1S/C25H31F3N8O/c1-16-11-29-8-10-35(16)23-31-12-18(25(26,27)28)21(32-23)34-14-17(15-34)22(37)33(4)24(2,3)19-13-30-20-7-5-6-9-36(19)20/h5-7,9,12-13,16-17,29H,8,10-11,14-15H2,1-4H3/t16-/m0/s1. The number of pyridine rings is 1. The summed E-state index contributed by atoms with van der Waals surface area (Å²) < 4.78 is 43.4. The van der Waals surface area contributed by atoms with Gasteiger partial charge in [-0.2, -0.15) is 18.2 Å². The highest BCUT2D eigenvalue weighted by Crippen LogP contribution is 2.39. The first-order valence-corrected chi connectivity index (χ1v) is 12.3. The van der Waals surface area contributed by atoms with Crippen molar-refractivity contribution in [1.82, 2.24) is 29.6 Å². The Balaban J connectivity index is 1.35. The van der Waals surface area contributed by atoms with Crippen LogP contribution in [0.4, 0.5) is 24.9 Å². The molecule has 0 unspecified atom stereocenters. The first-order valence-electron chi connectivity index (χ1n) is 12.3. The summed E-state index contributed by atoms with van der Waals surface area (Å²) in [4.78, 5) is 31.3. The van der Waals surface area contributed by atoms with Crippen LogP contribution in [-0.2, 0) is 16.5 Å². The van der Waals surface area contributed by atoms with Crippen LogP contribution in [0.3, 0.4) is 0 Å². The number of anilines is 2. The minimum atomic E-state index is -4.60. The van der Waals surface area contributed by atoms with Crippen molar-refractivity contribution < 1.29 is 18.0 Å². The molecule has 0 bridgehead atoms. The van der Waals surface area contributed by atoms with Crippen LogP contribution < -0.4 is 15.1 Å². The predicted octanol–water partition coefficient (Wildman–Crippen LogP) is 2.77. The van der Waals surface area contributed by atoms with Crippen molar-refractivity contribution in [3.8, 4) is 0 Å². The van der Waals surface area contributed by atoms with Gasteiger partial charge in [-0.1, -0.05) is 6.07 Å². The second-order valence-corrected chi connectivity index (χ2v) is 10.3. The van der Waals surface area contributed by atoms with Crippen LogP contribution in [0.2, 0.25) is 0 Å². The zero-order valence-corrected chi connectivity index (χ0v) is 21.3. The summed E-state index contributed by atoms with van der Waals surface area (Å²) >= 11 is 0. The molecule has 1 N–H and O–H groups in total. The normalized spacial score (nSPS) is 19.3. The number of halogens is 3. The molecule has 5 rings (SSSR count). The Morgan fingerprint density at radius 1 is 1.16 bits per heavy atom. The summed E-state index contributed by atoms with van der Waals surface area (Å²) in [6, 6.07) is 5.74. The van der Waals surface area contributed by atoms with E-state index < -0.39 is 23.2 Å². The molecule has 3 aromatic rings. The van der Waals surface area contributed by atoms with E-state index in [0.717, 1.165) is 17.5 Å². The number of rotatable bonds is 5. The summed E-state index contributed by atoms with van der Waals surface area (Å²) in [6.07, 6.45) is -0.0871. The van der Waals surface area contributed by atoms with E-state index in [1.54, 1.807) is 18.1 Å². The average Bonchev–Trinajstić information content (AvgIpc) is 3.27. The smallest absolute Gasteiger partial charge is 0.354 e. The number of nitrogens with one attached hydrogen (secondary N) is 1. The van der Waals surface area contributed by atoms with E-state index in [0.29, 0.717) is 19.6 Å². The SMILES string of the molecule is C[C@H]1CNCCN1c1ncc(C(F)(F)F)c(N2CC(C(=O)N(C)C(C)(C)c3cnc4ccccn34)C2)n1. The van der Waals surface area contributed by atoms with Gasteiger partial charge in [-0.05, 0) is 32.9 Å². The van der Waals surface area contributed by atoms with Gasteiger partial charge in [-0.25, -0.2) is 9.97 Å². The van der Waals surface area contributed by atoms with Gasteiger partial charge in [-0.3, -0.25) is 4.79 Å². The molecule has 2 saturated heterocycles. The van der Waals surface area contributed by atoms with Crippen LogP contribution in [0.25, 0.3) is 5.65 Å². The van der Waals surface area contributed by atoms with Gasteiger partial charge in [0.05, 0.1) is 23.3 Å². The Morgan fingerprint density at radius 3 is 2.62 bits per heavy atom. The lowest BCUT2D eigenvalue weighted by atomic mass is 9.93. The Hall–Kier alpha value is -3.41. The van der Waals surface area contributed by atoms with Gasteiger partial charge in [0.2, 0.25) is 11.9 Å². The largest absolute Gasteiger partial charge is 0.421 e. The molecule has 2 fully saturated rings. The van der Waals surface area contributed by atoms with Crippen LogP contribution >= 0.6 is 0 Å². The minimum Gasteiger partial charge on any atom is -0.354 e. The molecule has 1 amide bonds. The van der Waals surface area contributed by atoms with Gasteiger partial charge in [0, 0.05) is 58.2 Å².